The Balaban J connectivity index is 2.73. The van der Waals surface area contributed by atoms with Crippen LogP contribution in [0, 0.1) is 5.92 Å². The van der Waals surface area contributed by atoms with Gasteiger partial charge in [-0.2, -0.15) is 5.10 Å². The normalized spacial score (nSPS) is 13.3. The maximum absolute atomic E-state index is 4.80. The molecule has 0 radical (unpaired) electrons. The third-order valence-electron chi connectivity index (χ3n) is 4.49. The molecule has 0 amide bonds. The Bertz CT molecular complexity index is 351. The summed E-state index contributed by atoms with van der Waals surface area (Å²) in [4.78, 5) is 0. The van der Waals surface area contributed by atoms with E-state index in [1.54, 1.807) is 0 Å². The summed E-state index contributed by atoms with van der Waals surface area (Å²) >= 11 is 0. The minimum absolute atomic E-state index is 0.550. The monoisotopic (exact) mass is 279 g/mol. The van der Waals surface area contributed by atoms with Crippen molar-refractivity contribution in [3.63, 3.8) is 0 Å². The van der Waals surface area contributed by atoms with E-state index in [1.807, 2.05) is 0 Å². The Hall–Kier alpha value is -0.830. The maximum atomic E-state index is 4.80. The van der Waals surface area contributed by atoms with Gasteiger partial charge in [-0.15, -0.1) is 0 Å². The van der Waals surface area contributed by atoms with Gasteiger partial charge in [0, 0.05) is 18.7 Å². The molecular weight excluding hydrogens is 246 g/mol. The Labute approximate surface area is 125 Å². The molecule has 0 fully saturated rings. The minimum atomic E-state index is 0.550. The summed E-state index contributed by atoms with van der Waals surface area (Å²) in [6.45, 7) is 12.3. The lowest BCUT2D eigenvalue weighted by Gasteiger charge is -2.25. The van der Waals surface area contributed by atoms with Crippen LogP contribution in [0.4, 0.5) is 0 Å². The van der Waals surface area contributed by atoms with Gasteiger partial charge in [0.15, 0.2) is 0 Å². The smallest absolute Gasteiger partial charge is 0.0640 e. The summed E-state index contributed by atoms with van der Waals surface area (Å²) in [6, 6.07) is 3.31. The van der Waals surface area contributed by atoms with E-state index in [9.17, 15) is 0 Å². The van der Waals surface area contributed by atoms with Crippen molar-refractivity contribution in [2.24, 2.45) is 5.92 Å². The molecule has 1 rings (SSSR count). The van der Waals surface area contributed by atoms with Crippen LogP contribution in [0.1, 0.15) is 72.0 Å². The summed E-state index contributed by atoms with van der Waals surface area (Å²) in [5, 5.41) is 8.45. The Morgan fingerprint density at radius 3 is 2.20 bits per heavy atom. The lowest BCUT2D eigenvalue weighted by Crippen LogP contribution is -2.37. The van der Waals surface area contributed by atoms with Crippen molar-refractivity contribution in [2.75, 3.05) is 6.54 Å². The lowest BCUT2D eigenvalue weighted by molar-refractivity contribution is 0.332. The molecule has 116 valence electrons. The van der Waals surface area contributed by atoms with Crippen LogP contribution in [0.2, 0.25) is 0 Å². The molecular formula is C17H33N3. The third kappa shape index (κ3) is 4.62. The van der Waals surface area contributed by atoms with Crippen molar-refractivity contribution in [1.82, 2.24) is 15.1 Å². The van der Waals surface area contributed by atoms with Gasteiger partial charge in [-0.25, -0.2) is 0 Å². The first-order valence-corrected chi connectivity index (χ1v) is 8.47. The summed E-state index contributed by atoms with van der Waals surface area (Å²) < 4.78 is 2.16. The van der Waals surface area contributed by atoms with Crippen LogP contribution in [0.25, 0.3) is 0 Å². The fourth-order valence-electron chi connectivity index (χ4n) is 3.10. The van der Waals surface area contributed by atoms with Crippen molar-refractivity contribution in [3.8, 4) is 0 Å². The maximum Gasteiger partial charge on any atom is 0.0640 e. The number of nitrogens with one attached hydrogen (secondary N) is 1. The molecule has 1 unspecified atom stereocenters. The third-order valence-corrected chi connectivity index (χ3v) is 4.49. The second-order valence-electron chi connectivity index (χ2n) is 5.70. The molecule has 1 heterocycles. The molecule has 0 aliphatic heterocycles. The molecule has 1 N–H and O–H groups in total. The van der Waals surface area contributed by atoms with E-state index in [0.717, 1.165) is 31.7 Å². The van der Waals surface area contributed by atoms with Crippen LogP contribution in [0.5, 0.6) is 0 Å². The summed E-state index contributed by atoms with van der Waals surface area (Å²) in [6.07, 6.45) is 7.99. The van der Waals surface area contributed by atoms with Crippen LogP contribution in [0.3, 0.4) is 0 Å². The first kappa shape index (κ1) is 17.2. The molecule has 0 aliphatic carbocycles. The number of likely N-dealkylation sites (N-methyl/N-ethyl adjacent to an activating group) is 1. The zero-order valence-electron chi connectivity index (χ0n) is 14.0. The molecule has 0 bridgehead atoms. The van der Waals surface area contributed by atoms with Crippen molar-refractivity contribution in [2.45, 2.75) is 78.8 Å². The first-order valence-electron chi connectivity index (χ1n) is 8.47. The van der Waals surface area contributed by atoms with E-state index >= 15 is 0 Å². The van der Waals surface area contributed by atoms with Crippen LogP contribution in [-0.4, -0.2) is 22.4 Å². The van der Waals surface area contributed by atoms with Crippen LogP contribution < -0.4 is 5.32 Å². The van der Waals surface area contributed by atoms with Gasteiger partial charge >= 0.3 is 0 Å². The van der Waals surface area contributed by atoms with Crippen molar-refractivity contribution >= 4 is 0 Å². The SMILES string of the molecule is CCNC(Cc1ccn(C(CC)CC)n1)C(CC)CC. The molecule has 20 heavy (non-hydrogen) atoms. The standard InChI is InChI=1S/C17H33N3/c1-6-14(7-2)17(18-10-5)13-15-11-12-20(19-15)16(8-3)9-4/h11-12,14,16-18H,6-10,13H2,1-5H3. The molecule has 1 aromatic heterocycles. The molecule has 0 aliphatic rings. The van der Waals surface area contributed by atoms with Gasteiger partial charge in [0.25, 0.3) is 0 Å². The Kier molecular flexibility index (Phi) is 7.90. The number of rotatable bonds is 10. The van der Waals surface area contributed by atoms with Gasteiger partial charge in [0.05, 0.1) is 11.7 Å². The van der Waals surface area contributed by atoms with E-state index in [0.29, 0.717) is 12.1 Å². The van der Waals surface area contributed by atoms with E-state index in [-0.39, 0.29) is 0 Å². The predicted octanol–water partition coefficient (Wildman–Crippen LogP) is 4.20. The highest BCUT2D eigenvalue weighted by molar-refractivity contribution is 5.03. The Morgan fingerprint density at radius 2 is 1.70 bits per heavy atom. The van der Waals surface area contributed by atoms with E-state index < -0.39 is 0 Å². The van der Waals surface area contributed by atoms with Crippen molar-refractivity contribution in [1.29, 1.82) is 0 Å². The van der Waals surface area contributed by atoms with E-state index in [4.69, 9.17) is 5.10 Å². The van der Waals surface area contributed by atoms with Crippen molar-refractivity contribution < 1.29 is 0 Å². The zero-order chi connectivity index (χ0) is 15.0. The second-order valence-corrected chi connectivity index (χ2v) is 5.70. The quantitative estimate of drug-likeness (QED) is 0.695. The predicted molar refractivity (Wildman–Crippen MR) is 87.1 cm³/mol. The van der Waals surface area contributed by atoms with Crippen LogP contribution in [0.15, 0.2) is 12.3 Å². The van der Waals surface area contributed by atoms with Crippen LogP contribution in [-0.2, 0) is 6.42 Å². The topological polar surface area (TPSA) is 29.9 Å². The summed E-state index contributed by atoms with van der Waals surface area (Å²) in [5.41, 5.74) is 1.23. The lowest BCUT2D eigenvalue weighted by atomic mass is 9.91. The van der Waals surface area contributed by atoms with Gasteiger partial charge in [0.1, 0.15) is 0 Å². The number of hydrogen-bond acceptors (Lipinski definition) is 2. The molecule has 0 saturated carbocycles. The molecule has 0 saturated heterocycles. The van der Waals surface area contributed by atoms with Gasteiger partial charge < -0.3 is 5.32 Å². The largest absolute Gasteiger partial charge is 0.314 e. The highest BCUT2D eigenvalue weighted by Crippen LogP contribution is 2.19. The number of hydrogen-bond donors (Lipinski definition) is 1. The molecule has 3 nitrogen and oxygen atoms in total. The summed E-state index contributed by atoms with van der Waals surface area (Å²) in [7, 11) is 0. The second kappa shape index (κ2) is 9.17. The zero-order valence-corrected chi connectivity index (χ0v) is 14.0. The van der Waals surface area contributed by atoms with Crippen molar-refractivity contribution in [3.05, 3.63) is 18.0 Å². The van der Waals surface area contributed by atoms with Gasteiger partial charge in [0.2, 0.25) is 0 Å². The fraction of sp³-hybridized carbons (Fsp3) is 0.824. The highest BCUT2D eigenvalue weighted by atomic mass is 15.3. The molecule has 0 aromatic carbocycles. The number of nitrogens with zero attached hydrogens (tertiary/aromatic N) is 2. The van der Waals surface area contributed by atoms with E-state index in [1.165, 1.54) is 18.5 Å². The fourth-order valence-corrected chi connectivity index (χ4v) is 3.10. The first-order chi connectivity index (χ1) is 9.69. The number of aromatic nitrogens is 2. The van der Waals surface area contributed by atoms with Gasteiger partial charge in [-0.05, 0) is 31.4 Å². The summed E-state index contributed by atoms with van der Waals surface area (Å²) in [5.74, 6) is 0.744. The van der Waals surface area contributed by atoms with Crippen LogP contribution >= 0.6 is 0 Å². The van der Waals surface area contributed by atoms with Gasteiger partial charge in [-0.1, -0.05) is 47.5 Å². The molecule has 0 spiro atoms. The average Bonchev–Trinajstić information content (AvgIpc) is 2.90. The average molecular weight is 279 g/mol. The Morgan fingerprint density at radius 1 is 1.05 bits per heavy atom. The molecule has 1 atom stereocenters. The minimum Gasteiger partial charge on any atom is -0.314 e. The molecule has 1 aromatic rings. The van der Waals surface area contributed by atoms with E-state index in [2.05, 4.69) is 56.9 Å². The highest BCUT2D eigenvalue weighted by Gasteiger charge is 2.19. The van der Waals surface area contributed by atoms with Gasteiger partial charge in [-0.3, -0.25) is 4.68 Å². The molecule has 3 heteroatoms.